The molecule has 6 heteroatoms. The van der Waals surface area contributed by atoms with E-state index in [1.807, 2.05) is 18.2 Å². The van der Waals surface area contributed by atoms with E-state index in [1.165, 1.54) is 12.1 Å². The molecule has 0 bridgehead atoms. The number of benzene rings is 2. The van der Waals surface area contributed by atoms with Crippen LogP contribution in [-0.2, 0) is 0 Å². The number of rotatable bonds is 1. The van der Waals surface area contributed by atoms with Gasteiger partial charge in [0.15, 0.2) is 11.5 Å². The number of halogens is 2. The van der Waals surface area contributed by atoms with Gasteiger partial charge in [-0.1, -0.05) is 6.07 Å². The normalized spacial score (nSPS) is 11.3. The number of hydrogen-bond acceptors (Lipinski definition) is 3. The van der Waals surface area contributed by atoms with Crippen molar-refractivity contribution in [2.24, 2.45) is 0 Å². The molecule has 0 unspecified atom stereocenters. The highest BCUT2D eigenvalue weighted by atomic mass is 79.9. The van der Waals surface area contributed by atoms with Gasteiger partial charge in [-0.25, -0.2) is 18.9 Å². The van der Waals surface area contributed by atoms with Crippen molar-refractivity contribution in [3.8, 4) is 11.4 Å². The van der Waals surface area contributed by atoms with Crippen LogP contribution in [0.1, 0.15) is 0 Å². The van der Waals surface area contributed by atoms with Crippen LogP contribution < -0.4 is 0 Å². The van der Waals surface area contributed by atoms with E-state index in [4.69, 9.17) is 0 Å². The van der Waals surface area contributed by atoms with Crippen molar-refractivity contribution in [2.45, 2.75) is 0 Å². The fraction of sp³-hybridized carbons (Fsp3) is 0. The van der Waals surface area contributed by atoms with Gasteiger partial charge < -0.3 is 0 Å². The van der Waals surface area contributed by atoms with Gasteiger partial charge in [-0.05, 0) is 52.3 Å². The molecule has 102 valence electrons. The van der Waals surface area contributed by atoms with Gasteiger partial charge >= 0.3 is 0 Å². The highest BCUT2D eigenvalue weighted by Gasteiger charge is 2.11. The maximum atomic E-state index is 13.0. The van der Waals surface area contributed by atoms with E-state index in [-0.39, 0.29) is 5.82 Å². The summed E-state index contributed by atoms with van der Waals surface area (Å²) in [7, 11) is 0. The highest BCUT2D eigenvalue weighted by Crippen LogP contribution is 2.27. The predicted molar refractivity (Wildman–Crippen MR) is 81.4 cm³/mol. The minimum Gasteiger partial charge on any atom is -0.236 e. The molecule has 4 aromatic rings. The Morgan fingerprint density at radius 2 is 1.86 bits per heavy atom. The first-order chi connectivity index (χ1) is 10.2. The van der Waals surface area contributed by atoms with Crippen LogP contribution in [0.5, 0.6) is 0 Å². The summed E-state index contributed by atoms with van der Waals surface area (Å²) in [6.45, 7) is 0. The van der Waals surface area contributed by atoms with Crippen LogP contribution in [0.15, 0.2) is 53.3 Å². The molecule has 4 nitrogen and oxygen atoms in total. The monoisotopic (exact) mass is 342 g/mol. The van der Waals surface area contributed by atoms with Gasteiger partial charge in [0.05, 0.1) is 10.9 Å². The molecule has 21 heavy (non-hydrogen) atoms. The molecule has 0 atom stereocenters. The molecule has 0 aliphatic carbocycles. The Hall–Kier alpha value is -2.34. The van der Waals surface area contributed by atoms with Crippen molar-refractivity contribution in [3.05, 3.63) is 59.1 Å². The summed E-state index contributed by atoms with van der Waals surface area (Å²) in [6, 6.07) is 11.9. The second-order valence-electron chi connectivity index (χ2n) is 4.59. The maximum absolute atomic E-state index is 13.0. The third-order valence-corrected chi connectivity index (χ3v) is 3.92. The fourth-order valence-corrected chi connectivity index (χ4v) is 2.79. The third-order valence-electron chi connectivity index (χ3n) is 3.26. The largest absolute Gasteiger partial charge is 0.236 e. The molecule has 0 saturated heterocycles. The lowest BCUT2D eigenvalue weighted by Gasteiger charge is -2.00. The van der Waals surface area contributed by atoms with Crippen molar-refractivity contribution < 1.29 is 4.39 Å². The molecular weight excluding hydrogens is 335 g/mol. The van der Waals surface area contributed by atoms with Gasteiger partial charge in [-0.3, -0.25) is 0 Å². The first kappa shape index (κ1) is 12.4. The lowest BCUT2D eigenvalue weighted by molar-refractivity contribution is 0.628. The summed E-state index contributed by atoms with van der Waals surface area (Å²) < 4.78 is 15.5. The van der Waals surface area contributed by atoms with Crippen molar-refractivity contribution >= 4 is 32.5 Å². The predicted octanol–water partition coefficient (Wildman–Crippen LogP) is 3.85. The number of aromatic nitrogens is 4. The lowest BCUT2D eigenvalue weighted by Crippen LogP contribution is -1.91. The molecule has 0 spiro atoms. The Kier molecular flexibility index (Phi) is 2.71. The zero-order chi connectivity index (χ0) is 14.4. The smallest absolute Gasteiger partial charge is 0.182 e. The Labute approximate surface area is 127 Å². The van der Waals surface area contributed by atoms with Crippen LogP contribution in [-0.4, -0.2) is 19.6 Å². The molecule has 2 aromatic carbocycles. The lowest BCUT2D eigenvalue weighted by atomic mass is 10.2. The molecule has 0 amide bonds. The van der Waals surface area contributed by atoms with Crippen LogP contribution in [0.25, 0.3) is 27.9 Å². The first-order valence-electron chi connectivity index (χ1n) is 6.28. The summed E-state index contributed by atoms with van der Waals surface area (Å²) in [4.78, 5) is 8.92. The molecule has 0 aliphatic rings. The van der Waals surface area contributed by atoms with Gasteiger partial charge in [-0.2, -0.15) is 0 Å². The summed E-state index contributed by atoms with van der Waals surface area (Å²) in [6.07, 6.45) is 1.63. The average Bonchev–Trinajstić information content (AvgIpc) is 2.92. The molecule has 0 aliphatic heterocycles. The second-order valence-corrected chi connectivity index (χ2v) is 5.44. The SMILES string of the molecule is Fc1ccc(-c2nc3c4c(Br)cccc4ncn3n2)cc1. The molecular formula is C15H8BrFN4. The van der Waals surface area contributed by atoms with Gasteiger partial charge in [0, 0.05) is 10.0 Å². The van der Waals surface area contributed by atoms with Crippen molar-refractivity contribution in [1.29, 1.82) is 0 Å². The Morgan fingerprint density at radius 1 is 1.05 bits per heavy atom. The molecule has 0 N–H and O–H groups in total. The maximum Gasteiger partial charge on any atom is 0.182 e. The summed E-state index contributed by atoms with van der Waals surface area (Å²) in [5.41, 5.74) is 2.32. The van der Waals surface area contributed by atoms with E-state index < -0.39 is 0 Å². The van der Waals surface area contributed by atoms with Crippen LogP contribution in [0.2, 0.25) is 0 Å². The topological polar surface area (TPSA) is 43.1 Å². The molecule has 4 rings (SSSR count). The number of fused-ring (bicyclic) bond motifs is 3. The van der Waals surface area contributed by atoms with Crippen LogP contribution in [0, 0.1) is 5.82 Å². The number of nitrogens with zero attached hydrogens (tertiary/aromatic N) is 4. The summed E-state index contributed by atoms with van der Waals surface area (Å²) in [5.74, 6) is 0.262. The van der Waals surface area contributed by atoms with Gasteiger partial charge in [0.1, 0.15) is 12.1 Å². The molecule has 2 heterocycles. The fourth-order valence-electron chi connectivity index (χ4n) is 2.25. The van der Waals surface area contributed by atoms with Crippen molar-refractivity contribution in [3.63, 3.8) is 0 Å². The summed E-state index contributed by atoms with van der Waals surface area (Å²) >= 11 is 3.52. The minimum absolute atomic E-state index is 0.280. The van der Waals surface area contributed by atoms with Crippen LogP contribution in [0.3, 0.4) is 0 Å². The van der Waals surface area contributed by atoms with E-state index in [9.17, 15) is 4.39 Å². The van der Waals surface area contributed by atoms with Crippen LogP contribution in [0.4, 0.5) is 4.39 Å². The Bertz CT molecular complexity index is 963. The minimum atomic E-state index is -0.280. The van der Waals surface area contributed by atoms with Gasteiger partial charge in [-0.15, -0.1) is 5.10 Å². The first-order valence-corrected chi connectivity index (χ1v) is 7.07. The molecule has 0 radical (unpaired) electrons. The number of hydrogen-bond donors (Lipinski definition) is 0. The van der Waals surface area contributed by atoms with Gasteiger partial charge in [0.25, 0.3) is 0 Å². The second kappa shape index (κ2) is 4.60. The van der Waals surface area contributed by atoms with E-state index >= 15 is 0 Å². The van der Waals surface area contributed by atoms with Crippen LogP contribution >= 0.6 is 15.9 Å². The zero-order valence-electron chi connectivity index (χ0n) is 10.7. The quantitative estimate of drug-likeness (QED) is 0.527. The van der Waals surface area contributed by atoms with E-state index in [2.05, 4.69) is 31.0 Å². The van der Waals surface area contributed by atoms with Crippen molar-refractivity contribution in [2.75, 3.05) is 0 Å². The van der Waals surface area contributed by atoms with E-state index in [1.54, 1.807) is 23.0 Å². The van der Waals surface area contributed by atoms with Gasteiger partial charge in [0.2, 0.25) is 0 Å². The van der Waals surface area contributed by atoms with E-state index in [0.717, 1.165) is 20.9 Å². The molecule has 2 aromatic heterocycles. The van der Waals surface area contributed by atoms with E-state index in [0.29, 0.717) is 11.5 Å². The molecule has 0 saturated carbocycles. The average molecular weight is 343 g/mol. The zero-order valence-corrected chi connectivity index (χ0v) is 12.2. The van der Waals surface area contributed by atoms with Crippen molar-refractivity contribution in [1.82, 2.24) is 19.6 Å². The highest BCUT2D eigenvalue weighted by molar-refractivity contribution is 9.10. The molecule has 0 fully saturated rings. The Balaban J connectivity index is 2.01. The Morgan fingerprint density at radius 3 is 2.67 bits per heavy atom. The third kappa shape index (κ3) is 1.99. The standard InChI is InChI=1S/C15H8BrFN4/c16-11-2-1-3-12-13(11)15-19-14(20-21(15)8-18-12)9-4-6-10(17)7-5-9/h1-8H. The summed E-state index contributed by atoms with van der Waals surface area (Å²) in [5, 5.41) is 5.31.